The summed E-state index contributed by atoms with van der Waals surface area (Å²) in [6.45, 7) is 5.97. The Balaban J connectivity index is 2.84. The average Bonchev–Trinajstić information content (AvgIpc) is 2.08. The summed E-state index contributed by atoms with van der Waals surface area (Å²) in [6, 6.07) is 0. The van der Waals surface area contributed by atoms with Crippen LogP contribution in [0.4, 0.5) is 0 Å². The van der Waals surface area contributed by atoms with Gasteiger partial charge in [-0.2, -0.15) is 0 Å². The summed E-state index contributed by atoms with van der Waals surface area (Å²) in [7, 11) is 0. The molecule has 0 saturated carbocycles. The highest BCUT2D eigenvalue weighted by molar-refractivity contribution is 5.16. The van der Waals surface area contributed by atoms with Crippen LogP contribution in [0, 0.1) is 11.8 Å². The first kappa shape index (κ1) is 9.75. The fraction of sp³-hybridized carbons (Fsp3) is 0.800. The minimum atomic E-state index is -0.377. The van der Waals surface area contributed by atoms with Crippen molar-refractivity contribution in [1.82, 2.24) is 0 Å². The Labute approximate surface area is 73.9 Å². The lowest BCUT2D eigenvalue weighted by molar-refractivity contribution is 0.0415. The molecule has 0 spiro atoms. The van der Waals surface area contributed by atoms with E-state index >= 15 is 0 Å². The van der Waals surface area contributed by atoms with Gasteiger partial charge in [0, 0.05) is 0 Å². The molecule has 4 unspecified atom stereocenters. The molecule has 1 aliphatic rings. The van der Waals surface area contributed by atoms with Crippen LogP contribution in [0.5, 0.6) is 0 Å². The number of aliphatic hydroxyl groups is 2. The van der Waals surface area contributed by atoms with Crippen molar-refractivity contribution in [2.45, 2.75) is 39.4 Å². The van der Waals surface area contributed by atoms with E-state index in [1.54, 1.807) is 6.08 Å². The molecule has 0 aromatic rings. The van der Waals surface area contributed by atoms with Gasteiger partial charge in [-0.1, -0.05) is 26.8 Å². The topological polar surface area (TPSA) is 40.5 Å². The maximum atomic E-state index is 9.75. The number of hydrogen-bond donors (Lipinski definition) is 2. The molecule has 4 atom stereocenters. The van der Waals surface area contributed by atoms with Crippen LogP contribution in [0.15, 0.2) is 11.6 Å². The van der Waals surface area contributed by atoms with E-state index in [9.17, 15) is 10.2 Å². The molecule has 0 heterocycles. The van der Waals surface area contributed by atoms with E-state index in [2.05, 4.69) is 0 Å². The molecule has 2 nitrogen and oxygen atoms in total. The lowest BCUT2D eigenvalue weighted by Gasteiger charge is -2.34. The summed E-state index contributed by atoms with van der Waals surface area (Å²) >= 11 is 0. The van der Waals surface area contributed by atoms with Gasteiger partial charge in [0.15, 0.2) is 0 Å². The predicted molar refractivity (Wildman–Crippen MR) is 48.7 cm³/mol. The third-order valence-electron chi connectivity index (χ3n) is 3.04. The maximum Gasteiger partial charge on any atom is 0.0780 e. The van der Waals surface area contributed by atoms with Crippen LogP contribution < -0.4 is 0 Å². The van der Waals surface area contributed by atoms with Crippen LogP contribution in [0.2, 0.25) is 0 Å². The zero-order valence-corrected chi connectivity index (χ0v) is 7.99. The third-order valence-corrected chi connectivity index (χ3v) is 3.04. The molecule has 70 valence electrons. The van der Waals surface area contributed by atoms with Crippen molar-refractivity contribution in [3.8, 4) is 0 Å². The van der Waals surface area contributed by atoms with Crippen molar-refractivity contribution in [3.63, 3.8) is 0 Å². The molecular formula is C10H18O2. The van der Waals surface area contributed by atoms with E-state index in [1.807, 2.05) is 20.8 Å². The summed E-state index contributed by atoms with van der Waals surface area (Å²) in [5.41, 5.74) is 0.980. The quantitative estimate of drug-likeness (QED) is 0.583. The fourth-order valence-corrected chi connectivity index (χ4v) is 1.73. The summed E-state index contributed by atoms with van der Waals surface area (Å²) in [6.07, 6.45) is 1.90. The van der Waals surface area contributed by atoms with E-state index < -0.39 is 0 Å². The Morgan fingerprint density at radius 1 is 1.25 bits per heavy atom. The van der Waals surface area contributed by atoms with Crippen LogP contribution in [0.1, 0.15) is 27.2 Å². The molecule has 12 heavy (non-hydrogen) atoms. The molecule has 0 bridgehead atoms. The molecule has 1 aliphatic carbocycles. The Bertz CT molecular complexity index is 186. The monoisotopic (exact) mass is 170 g/mol. The zero-order valence-electron chi connectivity index (χ0n) is 7.99. The van der Waals surface area contributed by atoms with Gasteiger partial charge < -0.3 is 10.2 Å². The standard InChI is InChI=1S/C10H18O2/c1-4-8-5-9(11)6(2)7(3)10(8)12/h5-7,9-12H,4H2,1-3H3. The van der Waals surface area contributed by atoms with Crippen LogP contribution in [-0.2, 0) is 0 Å². The van der Waals surface area contributed by atoms with Crippen molar-refractivity contribution in [3.05, 3.63) is 11.6 Å². The van der Waals surface area contributed by atoms with Crippen LogP contribution in [-0.4, -0.2) is 22.4 Å². The highest BCUT2D eigenvalue weighted by Crippen LogP contribution is 2.30. The van der Waals surface area contributed by atoms with Crippen molar-refractivity contribution < 1.29 is 10.2 Å². The molecule has 2 heteroatoms. The first-order valence-electron chi connectivity index (χ1n) is 4.64. The minimum absolute atomic E-state index is 0.162. The number of rotatable bonds is 1. The summed E-state index contributed by atoms with van der Waals surface area (Å²) < 4.78 is 0. The van der Waals surface area contributed by atoms with Crippen LogP contribution >= 0.6 is 0 Å². The second-order valence-corrected chi connectivity index (χ2v) is 3.75. The first-order chi connectivity index (χ1) is 5.57. The second-order valence-electron chi connectivity index (χ2n) is 3.75. The molecule has 0 aromatic heterocycles. The Kier molecular flexibility index (Phi) is 2.91. The van der Waals surface area contributed by atoms with Gasteiger partial charge in [-0.15, -0.1) is 0 Å². The maximum absolute atomic E-state index is 9.75. The van der Waals surface area contributed by atoms with Gasteiger partial charge in [-0.05, 0) is 23.8 Å². The zero-order chi connectivity index (χ0) is 9.30. The highest BCUT2D eigenvalue weighted by Gasteiger charge is 2.31. The van der Waals surface area contributed by atoms with Gasteiger partial charge in [-0.25, -0.2) is 0 Å². The normalized spacial score (nSPS) is 42.6. The molecule has 1 rings (SSSR count). The van der Waals surface area contributed by atoms with Crippen molar-refractivity contribution in [2.75, 3.05) is 0 Å². The Hall–Kier alpha value is -0.340. The van der Waals surface area contributed by atoms with Gasteiger partial charge in [0.2, 0.25) is 0 Å². The first-order valence-corrected chi connectivity index (χ1v) is 4.64. The van der Waals surface area contributed by atoms with Crippen molar-refractivity contribution in [2.24, 2.45) is 11.8 Å². The summed E-state index contributed by atoms with van der Waals surface area (Å²) in [5.74, 6) is 0.329. The lowest BCUT2D eigenvalue weighted by Crippen LogP contribution is -2.36. The molecule has 0 amide bonds. The molecule has 0 aliphatic heterocycles. The Morgan fingerprint density at radius 3 is 2.33 bits per heavy atom. The molecule has 0 radical (unpaired) electrons. The summed E-state index contributed by atoms with van der Waals surface area (Å²) in [4.78, 5) is 0. The number of hydrogen-bond acceptors (Lipinski definition) is 2. The third kappa shape index (κ3) is 1.54. The van der Waals surface area contributed by atoms with Crippen LogP contribution in [0.3, 0.4) is 0 Å². The molecule has 0 fully saturated rings. The van der Waals surface area contributed by atoms with E-state index in [1.165, 1.54) is 0 Å². The largest absolute Gasteiger partial charge is 0.389 e. The van der Waals surface area contributed by atoms with E-state index in [-0.39, 0.29) is 24.0 Å². The van der Waals surface area contributed by atoms with E-state index in [0.29, 0.717) is 0 Å². The van der Waals surface area contributed by atoms with Gasteiger partial charge in [-0.3, -0.25) is 0 Å². The molecule has 0 saturated heterocycles. The fourth-order valence-electron chi connectivity index (χ4n) is 1.73. The van der Waals surface area contributed by atoms with E-state index in [4.69, 9.17) is 0 Å². The SMILES string of the molecule is CCC1=CC(O)C(C)C(C)C1O. The smallest absolute Gasteiger partial charge is 0.0780 e. The predicted octanol–water partition coefficient (Wildman–Crippen LogP) is 1.33. The van der Waals surface area contributed by atoms with Crippen molar-refractivity contribution in [1.29, 1.82) is 0 Å². The van der Waals surface area contributed by atoms with Gasteiger partial charge in [0.1, 0.15) is 0 Å². The number of aliphatic hydroxyl groups excluding tert-OH is 2. The van der Waals surface area contributed by atoms with Crippen molar-refractivity contribution >= 4 is 0 Å². The Morgan fingerprint density at radius 2 is 1.83 bits per heavy atom. The lowest BCUT2D eigenvalue weighted by atomic mass is 9.77. The highest BCUT2D eigenvalue weighted by atomic mass is 16.3. The second kappa shape index (κ2) is 3.58. The molecule has 0 aromatic carbocycles. The van der Waals surface area contributed by atoms with E-state index in [0.717, 1.165) is 12.0 Å². The van der Waals surface area contributed by atoms with Gasteiger partial charge in [0.05, 0.1) is 12.2 Å². The molecular weight excluding hydrogens is 152 g/mol. The average molecular weight is 170 g/mol. The van der Waals surface area contributed by atoms with Gasteiger partial charge in [0.25, 0.3) is 0 Å². The minimum Gasteiger partial charge on any atom is -0.389 e. The molecule has 2 N–H and O–H groups in total. The van der Waals surface area contributed by atoms with Gasteiger partial charge >= 0.3 is 0 Å². The summed E-state index contributed by atoms with van der Waals surface area (Å²) in [5, 5.41) is 19.3. The van der Waals surface area contributed by atoms with Crippen LogP contribution in [0.25, 0.3) is 0 Å².